The number of hydrogen-bond donors (Lipinski definition) is 2. The first-order valence-corrected chi connectivity index (χ1v) is 9.86. The van der Waals surface area contributed by atoms with Crippen molar-refractivity contribution < 1.29 is 27.8 Å². The lowest BCUT2D eigenvalue weighted by Crippen LogP contribution is -2.57. The summed E-state index contributed by atoms with van der Waals surface area (Å²) < 4.78 is 37.3. The summed E-state index contributed by atoms with van der Waals surface area (Å²) >= 11 is 0. The number of nitrogens with zero attached hydrogens (tertiary/aromatic N) is 1. The number of nitrogens with one attached hydrogen (secondary N) is 1. The fraction of sp³-hybridized carbons (Fsp3) is 0.588. The maximum atomic E-state index is 13.4. The lowest BCUT2D eigenvalue weighted by atomic mass is 10.1. The first-order chi connectivity index (χ1) is 12.2. The molecule has 8 nitrogen and oxygen atoms in total. The minimum absolute atomic E-state index is 0.156. The van der Waals surface area contributed by atoms with Gasteiger partial charge in [-0.3, -0.25) is 0 Å². The summed E-state index contributed by atoms with van der Waals surface area (Å²) in [6.07, 6.45) is 0. The van der Waals surface area contributed by atoms with Gasteiger partial charge in [0.15, 0.2) is 5.44 Å². The van der Waals surface area contributed by atoms with Crippen molar-refractivity contribution >= 4 is 15.8 Å². The van der Waals surface area contributed by atoms with Gasteiger partial charge in [0.25, 0.3) is 0 Å². The molecule has 1 aromatic carbocycles. The number of aryl methyl sites for hydroxylation is 2. The van der Waals surface area contributed by atoms with Crippen molar-refractivity contribution in [3.63, 3.8) is 0 Å². The lowest BCUT2D eigenvalue weighted by Gasteiger charge is -2.35. The molecule has 1 aliphatic rings. The van der Waals surface area contributed by atoms with E-state index in [4.69, 9.17) is 14.6 Å². The normalized spacial score (nSPS) is 19.9. The predicted molar refractivity (Wildman–Crippen MR) is 96.3 cm³/mol. The quantitative estimate of drug-likeness (QED) is 0.695. The van der Waals surface area contributed by atoms with Gasteiger partial charge in [0.1, 0.15) is 12.4 Å². The number of carboxylic acid groups (broad SMARTS) is 1. The SMILES string of the molecule is COc1cc(C)c(S(=O)(=O)C(OCC(=O)O)C2CN(C)CCN2)c(C)c1. The molecule has 1 aliphatic heterocycles. The molecule has 0 saturated carbocycles. The molecule has 146 valence electrons. The van der Waals surface area contributed by atoms with Gasteiger partial charge >= 0.3 is 5.97 Å². The van der Waals surface area contributed by atoms with Crippen molar-refractivity contribution in [1.29, 1.82) is 0 Å². The van der Waals surface area contributed by atoms with Crippen LogP contribution >= 0.6 is 0 Å². The molecule has 2 rings (SSSR count). The second-order valence-electron chi connectivity index (χ2n) is 6.53. The van der Waals surface area contributed by atoms with E-state index >= 15 is 0 Å². The average Bonchev–Trinajstić information content (AvgIpc) is 2.53. The summed E-state index contributed by atoms with van der Waals surface area (Å²) in [4.78, 5) is 13.1. The minimum atomic E-state index is -3.94. The van der Waals surface area contributed by atoms with Gasteiger partial charge in [0.05, 0.1) is 18.0 Å². The Bertz CT molecular complexity index is 742. The molecular formula is C17H26N2O6S. The third kappa shape index (κ3) is 4.53. The van der Waals surface area contributed by atoms with Crippen LogP contribution in [0.3, 0.4) is 0 Å². The Balaban J connectivity index is 2.46. The smallest absolute Gasteiger partial charge is 0.329 e. The molecule has 0 radical (unpaired) electrons. The van der Waals surface area contributed by atoms with Crippen molar-refractivity contribution in [2.75, 3.05) is 40.4 Å². The molecule has 0 spiro atoms. The van der Waals surface area contributed by atoms with Crippen LogP contribution in [0.15, 0.2) is 17.0 Å². The zero-order chi connectivity index (χ0) is 19.5. The van der Waals surface area contributed by atoms with E-state index in [1.165, 1.54) is 7.11 Å². The Labute approximate surface area is 154 Å². The van der Waals surface area contributed by atoms with Crippen molar-refractivity contribution in [3.8, 4) is 5.75 Å². The van der Waals surface area contributed by atoms with E-state index in [2.05, 4.69) is 5.32 Å². The zero-order valence-corrected chi connectivity index (χ0v) is 16.3. The van der Waals surface area contributed by atoms with Crippen LogP contribution in [0, 0.1) is 13.8 Å². The van der Waals surface area contributed by atoms with Crippen LogP contribution in [0.4, 0.5) is 0 Å². The molecule has 0 amide bonds. The average molecular weight is 386 g/mol. The molecule has 1 fully saturated rings. The summed E-state index contributed by atoms with van der Waals surface area (Å²) in [6, 6.07) is 2.77. The van der Waals surface area contributed by atoms with Crippen LogP contribution < -0.4 is 10.1 Å². The summed E-state index contributed by atoms with van der Waals surface area (Å²) in [5.41, 5.74) is -0.225. The molecule has 0 aromatic heterocycles. The standard InChI is InChI=1S/C17H26N2O6S/c1-11-7-13(24-4)8-12(2)16(11)26(22,23)17(25-10-15(20)21)14-9-19(3)6-5-18-14/h7-8,14,17-18H,5-6,9-10H2,1-4H3,(H,20,21). The number of benzene rings is 1. The fourth-order valence-corrected chi connectivity index (χ4v) is 5.39. The molecular weight excluding hydrogens is 360 g/mol. The zero-order valence-electron chi connectivity index (χ0n) is 15.5. The minimum Gasteiger partial charge on any atom is -0.497 e. The monoisotopic (exact) mass is 386 g/mol. The van der Waals surface area contributed by atoms with Gasteiger partial charge < -0.3 is 24.8 Å². The van der Waals surface area contributed by atoms with Gasteiger partial charge in [-0.1, -0.05) is 0 Å². The lowest BCUT2D eigenvalue weighted by molar-refractivity contribution is -0.143. The first kappa shape index (κ1) is 20.6. The molecule has 0 bridgehead atoms. The van der Waals surface area contributed by atoms with Crippen molar-refractivity contribution in [2.45, 2.75) is 30.2 Å². The first-order valence-electron chi connectivity index (χ1n) is 8.31. The Kier molecular flexibility index (Phi) is 6.62. The van der Waals surface area contributed by atoms with Crippen LogP contribution in [0.2, 0.25) is 0 Å². The van der Waals surface area contributed by atoms with Gasteiger partial charge in [0, 0.05) is 19.6 Å². The number of likely N-dealkylation sites (N-methyl/N-ethyl adjacent to an activating group) is 1. The highest BCUT2D eigenvalue weighted by molar-refractivity contribution is 7.92. The van der Waals surface area contributed by atoms with Crippen LogP contribution in [0.25, 0.3) is 0 Å². The number of ether oxygens (including phenoxy) is 2. The predicted octanol–water partition coefficient (Wildman–Crippen LogP) is 0.417. The molecule has 2 unspecified atom stereocenters. The second kappa shape index (κ2) is 8.34. The van der Waals surface area contributed by atoms with E-state index in [0.717, 1.165) is 6.54 Å². The number of methoxy groups -OCH3 is 1. The topological polar surface area (TPSA) is 105 Å². The maximum Gasteiger partial charge on any atom is 0.329 e. The Morgan fingerprint density at radius 3 is 2.50 bits per heavy atom. The molecule has 26 heavy (non-hydrogen) atoms. The highest BCUT2D eigenvalue weighted by atomic mass is 32.2. The summed E-state index contributed by atoms with van der Waals surface area (Å²) in [7, 11) is -0.532. The Morgan fingerprint density at radius 1 is 1.38 bits per heavy atom. The van der Waals surface area contributed by atoms with Crippen molar-refractivity contribution in [1.82, 2.24) is 10.2 Å². The summed E-state index contributed by atoms with van der Waals surface area (Å²) in [5, 5.41) is 12.1. The maximum absolute atomic E-state index is 13.4. The van der Waals surface area contributed by atoms with Crippen LogP contribution in [0.5, 0.6) is 5.75 Å². The van der Waals surface area contributed by atoms with Gasteiger partial charge in [-0.05, 0) is 44.2 Å². The number of hydrogen-bond acceptors (Lipinski definition) is 7. The second-order valence-corrected chi connectivity index (χ2v) is 8.49. The third-order valence-corrected chi connectivity index (χ3v) is 6.66. The highest BCUT2D eigenvalue weighted by Gasteiger charge is 2.39. The highest BCUT2D eigenvalue weighted by Crippen LogP contribution is 2.30. The molecule has 2 N–H and O–H groups in total. The number of carboxylic acids is 1. The number of sulfone groups is 1. The Morgan fingerprint density at radius 2 is 2.00 bits per heavy atom. The van der Waals surface area contributed by atoms with Crippen LogP contribution in [-0.2, 0) is 19.4 Å². The number of carbonyl (C=O) groups is 1. The summed E-state index contributed by atoms with van der Waals surface area (Å²) in [6.45, 7) is 4.53. The van der Waals surface area contributed by atoms with Gasteiger partial charge in [0.2, 0.25) is 9.84 Å². The molecule has 1 saturated heterocycles. The fourth-order valence-electron chi connectivity index (χ4n) is 3.28. The van der Waals surface area contributed by atoms with E-state index in [-0.39, 0.29) is 4.90 Å². The van der Waals surface area contributed by atoms with Crippen molar-refractivity contribution in [2.24, 2.45) is 0 Å². The van der Waals surface area contributed by atoms with E-state index in [1.807, 2.05) is 11.9 Å². The molecule has 2 atom stereocenters. The molecule has 9 heteroatoms. The Hall–Kier alpha value is -1.68. The van der Waals surface area contributed by atoms with E-state index in [1.54, 1.807) is 26.0 Å². The third-order valence-electron chi connectivity index (χ3n) is 4.37. The molecule has 1 aromatic rings. The van der Waals surface area contributed by atoms with Crippen LogP contribution in [-0.4, -0.2) is 76.3 Å². The summed E-state index contributed by atoms with van der Waals surface area (Å²) in [5.74, 6) is -0.644. The number of piperazine rings is 1. The largest absolute Gasteiger partial charge is 0.497 e. The van der Waals surface area contributed by atoms with Crippen molar-refractivity contribution in [3.05, 3.63) is 23.3 Å². The number of aliphatic carboxylic acids is 1. The molecule has 1 heterocycles. The van der Waals surface area contributed by atoms with Gasteiger partial charge in [-0.15, -0.1) is 0 Å². The van der Waals surface area contributed by atoms with E-state index in [0.29, 0.717) is 30.0 Å². The van der Waals surface area contributed by atoms with E-state index < -0.39 is 33.9 Å². The van der Waals surface area contributed by atoms with Crippen LogP contribution in [0.1, 0.15) is 11.1 Å². The number of rotatable bonds is 7. The van der Waals surface area contributed by atoms with E-state index in [9.17, 15) is 13.2 Å². The molecule has 0 aliphatic carbocycles. The van der Waals surface area contributed by atoms with Gasteiger partial charge in [-0.25, -0.2) is 13.2 Å². The van der Waals surface area contributed by atoms with Gasteiger partial charge in [-0.2, -0.15) is 0 Å².